The first kappa shape index (κ1) is 25.0. The van der Waals surface area contributed by atoms with E-state index in [4.69, 9.17) is 4.74 Å². The highest BCUT2D eigenvalue weighted by atomic mass is 127. The maximum atomic E-state index is 13.7. The molecule has 0 aliphatic carbocycles. The maximum Gasteiger partial charge on any atom is 0.216 e. The summed E-state index contributed by atoms with van der Waals surface area (Å²) in [5, 5.41) is 3.08. The van der Waals surface area contributed by atoms with Crippen LogP contribution in [0.1, 0.15) is 19.5 Å². The van der Waals surface area contributed by atoms with Crippen LogP contribution in [0.2, 0.25) is 0 Å². The van der Waals surface area contributed by atoms with Gasteiger partial charge in [0.15, 0.2) is 5.96 Å². The molecule has 0 bridgehead atoms. The number of ether oxygens (including phenoxy) is 1. The van der Waals surface area contributed by atoms with E-state index in [0.717, 1.165) is 0 Å². The Kier molecular flexibility index (Phi) is 10.6. The van der Waals surface area contributed by atoms with Gasteiger partial charge in [0.05, 0.1) is 30.7 Å². The van der Waals surface area contributed by atoms with E-state index in [2.05, 4.69) is 15.3 Å². The van der Waals surface area contributed by atoms with Crippen molar-refractivity contribution in [2.45, 2.75) is 26.5 Å². The number of sulfonamides is 1. The van der Waals surface area contributed by atoms with Crippen LogP contribution in [0.15, 0.2) is 23.3 Å². The van der Waals surface area contributed by atoms with Gasteiger partial charge in [-0.05, 0) is 26.0 Å². The number of pyridine rings is 1. The van der Waals surface area contributed by atoms with Crippen molar-refractivity contribution in [2.75, 3.05) is 45.6 Å². The van der Waals surface area contributed by atoms with Gasteiger partial charge in [0.2, 0.25) is 10.0 Å². The summed E-state index contributed by atoms with van der Waals surface area (Å²) in [6.45, 7) is 5.93. The molecule has 0 amide bonds. The average Bonchev–Trinajstić information content (AvgIpc) is 2.63. The molecule has 0 aromatic carbocycles. The van der Waals surface area contributed by atoms with Crippen molar-refractivity contribution in [1.82, 2.24) is 19.5 Å². The standard InChI is InChI=1S/C17H28FN5O3S.HI/c1-14(2)26-11-12-27(24,25)23-9-7-22(8-10-23)17(19-3)21-13-16-15(18)5-4-6-20-16;/h4-6,14H,7-13H2,1-3H3,(H,19,21);1H. The molecule has 1 saturated heterocycles. The minimum atomic E-state index is -3.33. The van der Waals surface area contributed by atoms with Crippen molar-refractivity contribution in [3.05, 3.63) is 29.8 Å². The first-order valence-electron chi connectivity index (χ1n) is 8.98. The van der Waals surface area contributed by atoms with Gasteiger partial charge in [-0.1, -0.05) is 0 Å². The zero-order valence-corrected chi connectivity index (χ0v) is 19.6. The molecule has 8 nitrogen and oxygen atoms in total. The van der Waals surface area contributed by atoms with E-state index >= 15 is 0 Å². The molecule has 0 radical (unpaired) electrons. The zero-order valence-electron chi connectivity index (χ0n) is 16.5. The van der Waals surface area contributed by atoms with E-state index in [-0.39, 0.29) is 54.8 Å². The van der Waals surface area contributed by atoms with Crippen LogP contribution >= 0.6 is 24.0 Å². The molecule has 2 rings (SSSR count). The number of guanidine groups is 1. The molecule has 160 valence electrons. The molecule has 28 heavy (non-hydrogen) atoms. The summed E-state index contributed by atoms with van der Waals surface area (Å²) in [5.41, 5.74) is 0.310. The summed E-state index contributed by atoms with van der Waals surface area (Å²) in [7, 11) is -1.69. The SMILES string of the molecule is CN=C(NCc1ncccc1F)N1CCN(S(=O)(=O)CCOC(C)C)CC1.I. The summed E-state index contributed by atoms with van der Waals surface area (Å²) >= 11 is 0. The lowest BCUT2D eigenvalue weighted by Gasteiger charge is -2.35. The van der Waals surface area contributed by atoms with Crippen molar-refractivity contribution in [1.29, 1.82) is 0 Å². The lowest BCUT2D eigenvalue weighted by molar-refractivity contribution is 0.0904. The number of nitrogens with zero attached hydrogens (tertiary/aromatic N) is 4. The van der Waals surface area contributed by atoms with Crippen molar-refractivity contribution < 1.29 is 17.5 Å². The molecule has 1 aromatic rings. The summed E-state index contributed by atoms with van der Waals surface area (Å²) < 4.78 is 45.3. The van der Waals surface area contributed by atoms with Crippen LogP contribution in [0.5, 0.6) is 0 Å². The topological polar surface area (TPSA) is 87.1 Å². The Morgan fingerprint density at radius 1 is 1.36 bits per heavy atom. The van der Waals surface area contributed by atoms with Crippen LogP contribution in [0.3, 0.4) is 0 Å². The molecule has 11 heteroatoms. The molecular formula is C17H29FIN5O3S. The van der Waals surface area contributed by atoms with Gasteiger partial charge in [-0.15, -0.1) is 24.0 Å². The smallest absolute Gasteiger partial charge is 0.216 e. The highest BCUT2D eigenvalue weighted by Gasteiger charge is 2.28. The number of nitrogens with one attached hydrogen (secondary N) is 1. The fourth-order valence-electron chi connectivity index (χ4n) is 2.74. The molecule has 1 aromatic heterocycles. The van der Waals surface area contributed by atoms with E-state index in [1.165, 1.54) is 16.6 Å². The molecule has 0 spiro atoms. The molecule has 0 atom stereocenters. The van der Waals surface area contributed by atoms with Gasteiger partial charge in [0.1, 0.15) is 5.82 Å². The van der Waals surface area contributed by atoms with Crippen LogP contribution < -0.4 is 5.32 Å². The first-order chi connectivity index (χ1) is 12.8. The highest BCUT2D eigenvalue weighted by molar-refractivity contribution is 14.0. The first-order valence-corrected chi connectivity index (χ1v) is 10.6. The Morgan fingerprint density at radius 3 is 2.61 bits per heavy atom. The predicted molar refractivity (Wildman–Crippen MR) is 118 cm³/mol. The molecule has 2 heterocycles. The molecule has 1 aliphatic rings. The lowest BCUT2D eigenvalue weighted by atomic mass is 10.3. The predicted octanol–water partition coefficient (Wildman–Crippen LogP) is 1.29. The van der Waals surface area contributed by atoms with Gasteiger partial charge in [-0.2, -0.15) is 4.31 Å². The number of rotatable bonds is 7. The van der Waals surface area contributed by atoms with Gasteiger partial charge in [0.25, 0.3) is 0 Å². The quantitative estimate of drug-likeness (QED) is 0.326. The number of halogens is 2. The number of hydrogen-bond donors (Lipinski definition) is 1. The van der Waals surface area contributed by atoms with Crippen molar-refractivity contribution >= 4 is 40.0 Å². The minimum absolute atomic E-state index is 0. The number of aliphatic imine (C=N–C) groups is 1. The van der Waals surface area contributed by atoms with Crippen LogP contribution in [0, 0.1) is 5.82 Å². The maximum absolute atomic E-state index is 13.7. The second kappa shape index (κ2) is 11.8. The third-order valence-electron chi connectivity index (χ3n) is 4.18. The summed E-state index contributed by atoms with van der Waals surface area (Å²) in [6, 6.07) is 2.90. The highest BCUT2D eigenvalue weighted by Crippen LogP contribution is 2.09. The van der Waals surface area contributed by atoms with E-state index in [0.29, 0.717) is 37.8 Å². The Bertz CT molecular complexity index is 740. The minimum Gasteiger partial charge on any atom is -0.378 e. The van der Waals surface area contributed by atoms with Gasteiger partial charge in [0, 0.05) is 39.4 Å². The van der Waals surface area contributed by atoms with Crippen molar-refractivity contribution in [3.8, 4) is 0 Å². The largest absolute Gasteiger partial charge is 0.378 e. The zero-order chi connectivity index (χ0) is 19.9. The van der Waals surface area contributed by atoms with Gasteiger partial charge in [-0.3, -0.25) is 9.98 Å². The third kappa shape index (κ3) is 7.41. The van der Waals surface area contributed by atoms with E-state index in [1.54, 1.807) is 13.1 Å². The Morgan fingerprint density at radius 2 is 2.04 bits per heavy atom. The van der Waals surface area contributed by atoms with Crippen LogP contribution in [-0.4, -0.2) is 80.3 Å². The monoisotopic (exact) mass is 529 g/mol. The third-order valence-corrected chi connectivity index (χ3v) is 6.02. The Balaban J connectivity index is 0.00000392. The number of hydrogen-bond acceptors (Lipinski definition) is 5. The summed E-state index contributed by atoms with van der Waals surface area (Å²) in [4.78, 5) is 10.2. The van der Waals surface area contributed by atoms with Crippen LogP contribution in [-0.2, 0) is 21.3 Å². The second-order valence-electron chi connectivity index (χ2n) is 6.45. The average molecular weight is 529 g/mol. The lowest BCUT2D eigenvalue weighted by Crippen LogP contribution is -2.54. The second-order valence-corrected chi connectivity index (χ2v) is 8.54. The van der Waals surface area contributed by atoms with E-state index in [1.807, 2.05) is 18.7 Å². The fourth-order valence-corrected chi connectivity index (χ4v) is 4.02. The van der Waals surface area contributed by atoms with E-state index in [9.17, 15) is 12.8 Å². The van der Waals surface area contributed by atoms with Gasteiger partial charge < -0.3 is 15.0 Å². The molecule has 1 fully saturated rings. The fraction of sp³-hybridized carbons (Fsp3) is 0.647. The molecule has 0 saturated carbocycles. The normalized spacial score (nSPS) is 16.2. The summed E-state index contributed by atoms with van der Waals surface area (Å²) in [5.74, 6) is 0.206. The molecular weight excluding hydrogens is 500 g/mol. The summed E-state index contributed by atoms with van der Waals surface area (Å²) in [6.07, 6.45) is 1.55. The van der Waals surface area contributed by atoms with Gasteiger partial charge in [-0.25, -0.2) is 12.8 Å². The molecule has 1 N–H and O–H groups in total. The molecule has 1 aliphatic heterocycles. The van der Waals surface area contributed by atoms with Crippen LogP contribution in [0.25, 0.3) is 0 Å². The van der Waals surface area contributed by atoms with Crippen LogP contribution in [0.4, 0.5) is 4.39 Å². The number of piperazine rings is 1. The Labute approximate surface area is 183 Å². The van der Waals surface area contributed by atoms with Crippen molar-refractivity contribution in [3.63, 3.8) is 0 Å². The van der Waals surface area contributed by atoms with E-state index < -0.39 is 10.0 Å². The molecule has 0 unspecified atom stereocenters. The van der Waals surface area contributed by atoms with Gasteiger partial charge >= 0.3 is 0 Å². The van der Waals surface area contributed by atoms with Crippen molar-refractivity contribution in [2.24, 2.45) is 4.99 Å². The Hall–Kier alpha value is -1.05. The number of aromatic nitrogens is 1.